The van der Waals surface area contributed by atoms with Gasteiger partial charge in [-0.25, -0.2) is 15.0 Å². The molecule has 0 spiro atoms. The molecule has 3 aliphatic rings. The second-order valence-electron chi connectivity index (χ2n) is 8.90. The normalized spacial score (nSPS) is 20.2. The molecular formula is C24H22N6O3. The minimum Gasteiger partial charge on any atom is -0.330 e. The third kappa shape index (κ3) is 3.23. The van der Waals surface area contributed by atoms with E-state index >= 15 is 0 Å². The summed E-state index contributed by atoms with van der Waals surface area (Å²) in [5.74, 6) is 0.638. The maximum absolute atomic E-state index is 13.0. The van der Waals surface area contributed by atoms with Crippen LogP contribution in [0.5, 0.6) is 0 Å². The number of nitrogens with zero attached hydrogens (tertiary/aromatic N) is 5. The average Bonchev–Trinajstić information content (AvgIpc) is 3.53. The van der Waals surface area contributed by atoms with E-state index in [0.29, 0.717) is 24.4 Å². The zero-order valence-corrected chi connectivity index (χ0v) is 18.1. The number of piperidine rings is 1. The molecule has 166 valence electrons. The molecule has 4 heterocycles. The van der Waals surface area contributed by atoms with E-state index in [0.717, 1.165) is 46.7 Å². The van der Waals surface area contributed by atoms with Crippen LogP contribution in [0, 0.1) is 0 Å². The van der Waals surface area contributed by atoms with Crippen LogP contribution in [0.3, 0.4) is 0 Å². The smallest absolute Gasteiger partial charge is 0.255 e. The molecule has 1 aromatic carbocycles. The first-order chi connectivity index (χ1) is 16.0. The minimum absolute atomic E-state index is 0.178. The molecular weight excluding hydrogens is 420 g/mol. The predicted octanol–water partition coefficient (Wildman–Crippen LogP) is 2.18. The maximum Gasteiger partial charge on any atom is 0.255 e. The Bertz CT molecular complexity index is 1310. The summed E-state index contributed by atoms with van der Waals surface area (Å²) in [5, 5.41) is 2.35. The number of hydrogen-bond acceptors (Lipinski definition) is 6. The number of carbonyl (C=O) groups excluding carboxylic acids is 3. The van der Waals surface area contributed by atoms with Crippen LogP contribution in [-0.4, -0.2) is 48.2 Å². The van der Waals surface area contributed by atoms with E-state index in [4.69, 9.17) is 4.98 Å². The van der Waals surface area contributed by atoms with Crippen molar-refractivity contribution in [1.29, 1.82) is 0 Å². The Kier molecular flexibility index (Phi) is 4.39. The molecule has 1 unspecified atom stereocenters. The summed E-state index contributed by atoms with van der Waals surface area (Å²) in [5.41, 5.74) is 5.03. The number of aromatic nitrogens is 4. The van der Waals surface area contributed by atoms with Gasteiger partial charge < -0.3 is 9.47 Å². The zero-order chi connectivity index (χ0) is 22.7. The molecule has 1 N–H and O–H groups in total. The molecule has 33 heavy (non-hydrogen) atoms. The first-order valence-electron chi connectivity index (χ1n) is 11.1. The van der Waals surface area contributed by atoms with Crippen LogP contribution in [0.2, 0.25) is 0 Å². The van der Waals surface area contributed by atoms with Gasteiger partial charge in [-0.2, -0.15) is 0 Å². The monoisotopic (exact) mass is 442 g/mol. The van der Waals surface area contributed by atoms with Gasteiger partial charge in [-0.3, -0.25) is 19.7 Å². The summed E-state index contributed by atoms with van der Waals surface area (Å²) < 4.78 is 2.12. The largest absolute Gasteiger partial charge is 0.330 e. The molecule has 3 amide bonds. The standard InChI is InChI=1S/C24H22N6O3/c1-29-21(16-9-25-12-26-10-16)20(28-22(29)13-2-3-13)14-4-5-17-15(8-14)11-30(24(17)33)18-6-7-19(31)27-23(18)32/h4-5,8-10,12-13,18H,2-3,6-7,11H2,1H3,(H,27,31,32). The van der Waals surface area contributed by atoms with Crippen molar-refractivity contribution in [2.24, 2.45) is 7.05 Å². The molecule has 2 aliphatic heterocycles. The van der Waals surface area contributed by atoms with Gasteiger partial charge in [0, 0.05) is 55.0 Å². The van der Waals surface area contributed by atoms with E-state index in [1.165, 1.54) is 6.33 Å². The molecule has 2 aromatic heterocycles. The van der Waals surface area contributed by atoms with Crippen LogP contribution >= 0.6 is 0 Å². The zero-order valence-electron chi connectivity index (χ0n) is 18.1. The van der Waals surface area contributed by atoms with Gasteiger partial charge in [-0.15, -0.1) is 0 Å². The van der Waals surface area contributed by atoms with Crippen molar-refractivity contribution in [2.75, 3.05) is 0 Å². The summed E-state index contributed by atoms with van der Waals surface area (Å²) in [4.78, 5) is 51.8. The van der Waals surface area contributed by atoms with Crippen LogP contribution in [0.4, 0.5) is 0 Å². The average molecular weight is 442 g/mol. The number of rotatable bonds is 4. The van der Waals surface area contributed by atoms with Crippen molar-refractivity contribution in [2.45, 2.75) is 44.2 Å². The van der Waals surface area contributed by atoms with Gasteiger partial charge in [0.05, 0.1) is 11.4 Å². The molecule has 1 saturated heterocycles. The van der Waals surface area contributed by atoms with Crippen LogP contribution in [0.15, 0.2) is 36.9 Å². The molecule has 9 heteroatoms. The quantitative estimate of drug-likeness (QED) is 0.620. The van der Waals surface area contributed by atoms with Crippen LogP contribution in [0.25, 0.3) is 22.5 Å². The highest BCUT2D eigenvalue weighted by atomic mass is 16.2. The van der Waals surface area contributed by atoms with Crippen molar-refractivity contribution in [3.63, 3.8) is 0 Å². The SMILES string of the molecule is Cn1c(C2CC2)nc(-c2ccc3c(c2)CN(C2CCC(=O)NC2=O)C3=O)c1-c1cncnc1. The summed E-state index contributed by atoms with van der Waals surface area (Å²) in [6.45, 7) is 0.334. The summed E-state index contributed by atoms with van der Waals surface area (Å²) in [6, 6.07) is 5.09. The van der Waals surface area contributed by atoms with Gasteiger partial charge in [0.1, 0.15) is 18.2 Å². The van der Waals surface area contributed by atoms with Crippen LogP contribution in [-0.2, 0) is 23.2 Å². The number of hydrogen-bond donors (Lipinski definition) is 1. The summed E-state index contributed by atoms with van der Waals surface area (Å²) >= 11 is 0. The molecule has 1 aliphatic carbocycles. The third-order valence-corrected chi connectivity index (χ3v) is 6.70. The van der Waals surface area contributed by atoms with E-state index in [2.05, 4.69) is 19.9 Å². The number of imide groups is 1. The van der Waals surface area contributed by atoms with E-state index in [1.54, 1.807) is 17.3 Å². The van der Waals surface area contributed by atoms with Crippen molar-refractivity contribution >= 4 is 17.7 Å². The fourth-order valence-electron chi connectivity index (χ4n) is 4.90. The van der Waals surface area contributed by atoms with Crippen molar-refractivity contribution < 1.29 is 14.4 Å². The topological polar surface area (TPSA) is 110 Å². The van der Waals surface area contributed by atoms with E-state index in [9.17, 15) is 14.4 Å². The number of carbonyl (C=O) groups is 3. The van der Waals surface area contributed by atoms with Gasteiger partial charge >= 0.3 is 0 Å². The number of amides is 3. The number of nitrogens with one attached hydrogen (secondary N) is 1. The van der Waals surface area contributed by atoms with E-state index < -0.39 is 11.9 Å². The van der Waals surface area contributed by atoms with Crippen molar-refractivity contribution in [1.82, 2.24) is 29.7 Å². The summed E-state index contributed by atoms with van der Waals surface area (Å²) in [7, 11) is 2.02. The van der Waals surface area contributed by atoms with Gasteiger partial charge in [-0.1, -0.05) is 6.07 Å². The first-order valence-corrected chi connectivity index (χ1v) is 11.1. The highest BCUT2D eigenvalue weighted by molar-refractivity contribution is 6.05. The lowest BCUT2D eigenvalue weighted by Gasteiger charge is -2.29. The highest BCUT2D eigenvalue weighted by Crippen LogP contribution is 2.43. The van der Waals surface area contributed by atoms with E-state index in [1.807, 2.05) is 25.2 Å². The van der Waals surface area contributed by atoms with Gasteiger partial charge in [0.15, 0.2) is 0 Å². The van der Waals surface area contributed by atoms with Crippen LogP contribution < -0.4 is 5.32 Å². The van der Waals surface area contributed by atoms with Gasteiger partial charge in [0.25, 0.3) is 5.91 Å². The number of fused-ring (bicyclic) bond motifs is 1. The Morgan fingerprint density at radius 1 is 1.03 bits per heavy atom. The minimum atomic E-state index is -0.626. The van der Waals surface area contributed by atoms with Gasteiger partial charge in [-0.05, 0) is 37.0 Å². The van der Waals surface area contributed by atoms with E-state index in [-0.39, 0.29) is 18.2 Å². The third-order valence-electron chi connectivity index (χ3n) is 6.70. The molecule has 0 radical (unpaired) electrons. The molecule has 9 nitrogen and oxygen atoms in total. The lowest BCUT2D eigenvalue weighted by atomic mass is 10.0. The fourth-order valence-corrected chi connectivity index (χ4v) is 4.90. The lowest BCUT2D eigenvalue weighted by Crippen LogP contribution is -2.52. The Labute approximate surface area is 189 Å². The molecule has 3 aromatic rings. The summed E-state index contributed by atoms with van der Waals surface area (Å²) in [6.07, 6.45) is 7.93. The molecule has 1 saturated carbocycles. The van der Waals surface area contributed by atoms with Crippen LogP contribution in [0.1, 0.15) is 53.3 Å². The first kappa shape index (κ1) is 19.8. The molecule has 0 bridgehead atoms. The predicted molar refractivity (Wildman–Crippen MR) is 118 cm³/mol. The number of imidazole rings is 1. The maximum atomic E-state index is 13.0. The second kappa shape index (κ2) is 7.33. The Balaban J connectivity index is 1.39. The molecule has 6 rings (SSSR count). The van der Waals surface area contributed by atoms with Crippen molar-refractivity contribution in [3.05, 3.63) is 53.9 Å². The second-order valence-corrected chi connectivity index (χ2v) is 8.90. The number of benzene rings is 1. The van der Waals surface area contributed by atoms with Crippen molar-refractivity contribution in [3.8, 4) is 22.5 Å². The fraction of sp³-hybridized carbons (Fsp3) is 0.333. The lowest BCUT2D eigenvalue weighted by molar-refractivity contribution is -0.136. The molecule has 2 fully saturated rings. The Morgan fingerprint density at radius 3 is 2.55 bits per heavy atom. The highest BCUT2D eigenvalue weighted by Gasteiger charge is 2.39. The Hall–Kier alpha value is -3.88. The van der Waals surface area contributed by atoms with Gasteiger partial charge in [0.2, 0.25) is 11.8 Å². The Morgan fingerprint density at radius 2 is 1.82 bits per heavy atom. The molecule has 1 atom stereocenters.